The van der Waals surface area contributed by atoms with Crippen LogP contribution < -0.4 is 5.73 Å². The first-order valence-electron chi connectivity index (χ1n) is 6.18. The number of nitrogens with two attached hydrogens (primary N) is 1. The number of hydrogen-bond acceptors (Lipinski definition) is 3. The molecule has 0 bridgehead atoms. The fraction of sp³-hybridized carbons (Fsp3) is 0.500. The lowest BCUT2D eigenvalue weighted by atomic mass is 10.1. The lowest BCUT2D eigenvalue weighted by Gasteiger charge is -2.23. The van der Waals surface area contributed by atoms with Crippen molar-refractivity contribution < 1.29 is 9.90 Å². The Bertz CT molecular complexity index is 387. The molecule has 0 fully saturated rings. The van der Waals surface area contributed by atoms with Gasteiger partial charge in [-0.2, -0.15) is 0 Å². The summed E-state index contributed by atoms with van der Waals surface area (Å²) in [5.41, 5.74) is 6.86. The van der Waals surface area contributed by atoms with Gasteiger partial charge in [-0.05, 0) is 30.0 Å². The van der Waals surface area contributed by atoms with E-state index in [1.54, 1.807) is 36.2 Å². The van der Waals surface area contributed by atoms with Gasteiger partial charge in [0.1, 0.15) is 5.75 Å². The Labute approximate surface area is 108 Å². The van der Waals surface area contributed by atoms with Crippen molar-refractivity contribution in [2.45, 2.75) is 26.3 Å². The van der Waals surface area contributed by atoms with Gasteiger partial charge in [0.25, 0.3) is 0 Å². The van der Waals surface area contributed by atoms with Crippen molar-refractivity contribution in [1.82, 2.24) is 4.90 Å². The van der Waals surface area contributed by atoms with E-state index in [4.69, 9.17) is 5.73 Å². The number of amides is 1. The fourth-order valence-electron chi connectivity index (χ4n) is 1.89. The molecule has 0 aromatic heterocycles. The molecule has 18 heavy (non-hydrogen) atoms. The lowest BCUT2D eigenvalue weighted by molar-refractivity contribution is -0.131. The number of rotatable bonds is 5. The van der Waals surface area contributed by atoms with E-state index >= 15 is 0 Å². The third-order valence-electron chi connectivity index (χ3n) is 2.72. The van der Waals surface area contributed by atoms with E-state index in [0.29, 0.717) is 18.9 Å². The van der Waals surface area contributed by atoms with Gasteiger partial charge < -0.3 is 15.7 Å². The van der Waals surface area contributed by atoms with Crippen molar-refractivity contribution in [3.63, 3.8) is 0 Å². The van der Waals surface area contributed by atoms with Crippen LogP contribution in [0.15, 0.2) is 24.3 Å². The van der Waals surface area contributed by atoms with E-state index in [1.165, 1.54) is 0 Å². The molecule has 0 aliphatic carbocycles. The molecule has 0 heterocycles. The van der Waals surface area contributed by atoms with Crippen LogP contribution >= 0.6 is 0 Å². The maximum absolute atomic E-state index is 12.0. The van der Waals surface area contributed by atoms with Crippen LogP contribution in [-0.2, 0) is 11.2 Å². The van der Waals surface area contributed by atoms with Crippen LogP contribution in [0.3, 0.4) is 0 Å². The summed E-state index contributed by atoms with van der Waals surface area (Å²) >= 11 is 0. The van der Waals surface area contributed by atoms with E-state index in [2.05, 4.69) is 13.8 Å². The number of benzene rings is 1. The summed E-state index contributed by atoms with van der Waals surface area (Å²) in [5.74, 6) is 0.604. The molecule has 1 aromatic carbocycles. The minimum atomic E-state index is -0.529. The van der Waals surface area contributed by atoms with Gasteiger partial charge in [0.05, 0.1) is 6.04 Å². The summed E-state index contributed by atoms with van der Waals surface area (Å²) in [5, 5.41) is 9.18. The standard InChI is InChI=1S/C14H22N2O2/c1-10(2)9-16(3)14(18)13(15)8-11-4-6-12(17)7-5-11/h4-7,10,13,17H,8-9,15H2,1-3H3/t13-/m1/s1. The number of nitrogens with zero attached hydrogens (tertiary/aromatic N) is 1. The van der Waals surface area contributed by atoms with Crippen molar-refractivity contribution in [3.8, 4) is 5.75 Å². The van der Waals surface area contributed by atoms with Crippen molar-refractivity contribution in [3.05, 3.63) is 29.8 Å². The second-order valence-corrected chi connectivity index (χ2v) is 5.09. The highest BCUT2D eigenvalue weighted by Gasteiger charge is 2.18. The van der Waals surface area contributed by atoms with Crippen molar-refractivity contribution in [2.24, 2.45) is 11.7 Å². The van der Waals surface area contributed by atoms with Gasteiger partial charge in [-0.3, -0.25) is 4.79 Å². The molecular weight excluding hydrogens is 228 g/mol. The molecule has 1 rings (SSSR count). The van der Waals surface area contributed by atoms with E-state index in [0.717, 1.165) is 5.56 Å². The minimum absolute atomic E-state index is 0.0447. The average Bonchev–Trinajstić information content (AvgIpc) is 2.30. The number of hydrogen-bond donors (Lipinski definition) is 2. The van der Waals surface area contributed by atoms with E-state index in [9.17, 15) is 9.90 Å². The molecule has 0 radical (unpaired) electrons. The van der Waals surface area contributed by atoms with Crippen molar-refractivity contribution in [2.75, 3.05) is 13.6 Å². The Hall–Kier alpha value is -1.55. The summed E-state index contributed by atoms with van der Waals surface area (Å²) < 4.78 is 0. The van der Waals surface area contributed by atoms with Gasteiger partial charge in [-0.15, -0.1) is 0 Å². The molecule has 1 atom stereocenters. The molecule has 0 spiro atoms. The Kier molecular flexibility index (Phi) is 5.16. The molecule has 4 heteroatoms. The van der Waals surface area contributed by atoms with Gasteiger partial charge in [0.15, 0.2) is 0 Å². The first-order chi connectivity index (χ1) is 8.40. The van der Waals surface area contributed by atoms with Crippen molar-refractivity contribution in [1.29, 1.82) is 0 Å². The second-order valence-electron chi connectivity index (χ2n) is 5.09. The van der Waals surface area contributed by atoms with Gasteiger partial charge in [-0.1, -0.05) is 26.0 Å². The molecule has 100 valence electrons. The molecule has 0 unspecified atom stereocenters. The molecular formula is C14H22N2O2. The third kappa shape index (κ3) is 4.37. The highest BCUT2D eigenvalue weighted by atomic mass is 16.3. The zero-order valence-electron chi connectivity index (χ0n) is 11.3. The van der Waals surface area contributed by atoms with Gasteiger partial charge in [0.2, 0.25) is 5.91 Å². The van der Waals surface area contributed by atoms with Crippen LogP contribution in [0.2, 0.25) is 0 Å². The van der Waals surface area contributed by atoms with Crippen LogP contribution in [0, 0.1) is 5.92 Å². The largest absolute Gasteiger partial charge is 0.508 e. The van der Waals surface area contributed by atoms with Crippen LogP contribution in [0.4, 0.5) is 0 Å². The van der Waals surface area contributed by atoms with E-state index < -0.39 is 6.04 Å². The smallest absolute Gasteiger partial charge is 0.239 e. The lowest BCUT2D eigenvalue weighted by Crippen LogP contribution is -2.44. The Balaban J connectivity index is 2.56. The van der Waals surface area contributed by atoms with Gasteiger partial charge >= 0.3 is 0 Å². The molecule has 0 saturated carbocycles. The minimum Gasteiger partial charge on any atom is -0.508 e. The summed E-state index contributed by atoms with van der Waals surface area (Å²) in [6, 6.07) is 6.24. The predicted molar refractivity (Wildman–Crippen MR) is 72.3 cm³/mol. The third-order valence-corrected chi connectivity index (χ3v) is 2.72. The van der Waals surface area contributed by atoms with Crippen LogP contribution in [-0.4, -0.2) is 35.5 Å². The zero-order valence-corrected chi connectivity index (χ0v) is 11.3. The molecule has 1 amide bonds. The predicted octanol–water partition coefficient (Wildman–Crippen LogP) is 1.38. The molecule has 0 aliphatic rings. The highest BCUT2D eigenvalue weighted by molar-refractivity contribution is 5.81. The SMILES string of the molecule is CC(C)CN(C)C(=O)[C@H](N)Cc1ccc(O)cc1. The number of carbonyl (C=O) groups is 1. The molecule has 0 aliphatic heterocycles. The quantitative estimate of drug-likeness (QED) is 0.829. The Morgan fingerprint density at radius 1 is 1.33 bits per heavy atom. The highest BCUT2D eigenvalue weighted by Crippen LogP contribution is 2.11. The average molecular weight is 250 g/mol. The van der Waals surface area contributed by atoms with E-state index in [-0.39, 0.29) is 11.7 Å². The number of aromatic hydroxyl groups is 1. The maximum Gasteiger partial charge on any atom is 0.239 e. The normalized spacial score (nSPS) is 12.5. The maximum atomic E-state index is 12.0. The Morgan fingerprint density at radius 3 is 2.39 bits per heavy atom. The molecule has 4 nitrogen and oxygen atoms in total. The van der Waals surface area contributed by atoms with E-state index in [1.807, 2.05) is 0 Å². The van der Waals surface area contributed by atoms with Crippen LogP contribution in [0.1, 0.15) is 19.4 Å². The van der Waals surface area contributed by atoms with Crippen LogP contribution in [0.25, 0.3) is 0 Å². The van der Waals surface area contributed by atoms with Crippen LogP contribution in [0.5, 0.6) is 5.75 Å². The zero-order chi connectivity index (χ0) is 13.7. The number of phenolic OH excluding ortho intramolecular Hbond substituents is 1. The first-order valence-corrected chi connectivity index (χ1v) is 6.18. The van der Waals surface area contributed by atoms with Crippen molar-refractivity contribution >= 4 is 5.91 Å². The first kappa shape index (κ1) is 14.5. The second kappa shape index (κ2) is 6.40. The molecule has 0 saturated heterocycles. The number of carbonyl (C=O) groups excluding carboxylic acids is 1. The summed E-state index contributed by atoms with van der Waals surface area (Å²) in [6.45, 7) is 4.84. The fourth-order valence-corrected chi connectivity index (χ4v) is 1.89. The summed E-state index contributed by atoms with van der Waals surface area (Å²) in [4.78, 5) is 13.7. The topological polar surface area (TPSA) is 66.6 Å². The Morgan fingerprint density at radius 2 is 1.89 bits per heavy atom. The monoisotopic (exact) mass is 250 g/mol. The van der Waals surface area contributed by atoms with Gasteiger partial charge in [0, 0.05) is 13.6 Å². The van der Waals surface area contributed by atoms with Gasteiger partial charge in [-0.25, -0.2) is 0 Å². The molecule has 1 aromatic rings. The molecule has 3 N–H and O–H groups in total. The summed E-state index contributed by atoms with van der Waals surface area (Å²) in [6.07, 6.45) is 0.488. The number of likely N-dealkylation sites (N-methyl/N-ethyl adjacent to an activating group) is 1. The summed E-state index contributed by atoms with van der Waals surface area (Å²) in [7, 11) is 1.78. The number of phenols is 1.